The average molecular weight is 582 g/mol. The molecule has 0 fully saturated rings. The second-order valence-corrected chi connectivity index (χ2v) is 11.4. The van der Waals surface area contributed by atoms with E-state index in [0.29, 0.717) is 35.8 Å². The molecule has 1 aliphatic heterocycles. The number of fused-ring (bicyclic) bond motifs is 2. The molecule has 0 aliphatic carbocycles. The summed E-state index contributed by atoms with van der Waals surface area (Å²) in [5.41, 5.74) is 3.09. The monoisotopic (exact) mass is 581 g/mol. The largest absolute Gasteiger partial charge is 0.488 e. The number of nitrogens with zero attached hydrogens (tertiary/aromatic N) is 3. The molecule has 9 nitrogen and oxygen atoms in total. The fourth-order valence-corrected chi connectivity index (χ4v) is 5.52. The Morgan fingerprint density at radius 3 is 2.65 bits per heavy atom. The first-order valence-electron chi connectivity index (χ1n) is 14.6. The molecule has 3 atom stereocenters. The maximum atomic E-state index is 13.5. The fraction of sp³-hybridized carbons (Fsp3) is 0.324. The Morgan fingerprint density at radius 2 is 1.86 bits per heavy atom. The van der Waals surface area contributed by atoms with Crippen LogP contribution in [-0.2, 0) is 17.8 Å². The van der Waals surface area contributed by atoms with Gasteiger partial charge in [-0.3, -0.25) is 14.7 Å². The lowest BCUT2D eigenvalue weighted by Gasteiger charge is -2.34. The van der Waals surface area contributed by atoms with Crippen molar-refractivity contribution < 1.29 is 19.4 Å². The van der Waals surface area contributed by atoms with Gasteiger partial charge in [0.1, 0.15) is 11.9 Å². The third kappa shape index (κ3) is 7.49. The summed E-state index contributed by atoms with van der Waals surface area (Å²) < 4.78 is 6.63. The van der Waals surface area contributed by atoms with Crippen LogP contribution in [0.5, 0.6) is 5.75 Å². The number of urea groups is 1. The third-order valence-electron chi connectivity index (χ3n) is 7.91. The molecule has 3 N–H and O–H groups in total. The Morgan fingerprint density at radius 1 is 1.09 bits per heavy atom. The number of amides is 3. The van der Waals surface area contributed by atoms with Gasteiger partial charge in [-0.05, 0) is 61.3 Å². The minimum Gasteiger partial charge on any atom is -0.488 e. The zero-order chi connectivity index (χ0) is 30.3. The van der Waals surface area contributed by atoms with Crippen molar-refractivity contribution in [1.29, 1.82) is 0 Å². The summed E-state index contributed by atoms with van der Waals surface area (Å²) >= 11 is 0. The summed E-state index contributed by atoms with van der Waals surface area (Å²) in [5.74, 6) is 0.510. The van der Waals surface area contributed by atoms with Crippen LogP contribution in [0.3, 0.4) is 0 Å². The first-order valence-corrected chi connectivity index (χ1v) is 14.6. The molecule has 3 aromatic carbocycles. The van der Waals surface area contributed by atoms with Crippen LogP contribution in [0.25, 0.3) is 10.8 Å². The molecule has 1 aliphatic rings. The van der Waals surface area contributed by atoms with Crippen molar-refractivity contribution in [2.24, 2.45) is 5.92 Å². The highest BCUT2D eigenvalue weighted by molar-refractivity contribution is 6.06. The van der Waals surface area contributed by atoms with Gasteiger partial charge in [0.2, 0.25) is 5.91 Å². The number of nitrogens with one attached hydrogen (secondary N) is 2. The van der Waals surface area contributed by atoms with Crippen LogP contribution in [0.4, 0.5) is 16.2 Å². The normalized spacial score (nSPS) is 17.8. The molecule has 5 rings (SSSR count). The van der Waals surface area contributed by atoms with Crippen LogP contribution in [-0.4, -0.2) is 70.7 Å². The lowest BCUT2D eigenvalue weighted by atomic mass is 10.0. The van der Waals surface area contributed by atoms with Crippen LogP contribution in [0.2, 0.25) is 0 Å². The molecule has 224 valence electrons. The van der Waals surface area contributed by atoms with E-state index in [1.807, 2.05) is 74.6 Å². The molecule has 2 heterocycles. The summed E-state index contributed by atoms with van der Waals surface area (Å²) in [6, 6.07) is 22.3. The van der Waals surface area contributed by atoms with Crippen molar-refractivity contribution >= 4 is 34.1 Å². The summed E-state index contributed by atoms with van der Waals surface area (Å²) in [6.07, 6.45) is 3.43. The quantitative estimate of drug-likeness (QED) is 0.265. The number of benzene rings is 3. The Balaban J connectivity index is 1.37. The van der Waals surface area contributed by atoms with Gasteiger partial charge >= 0.3 is 6.03 Å². The van der Waals surface area contributed by atoms with E-state index in [9.17, 15) is 14.7 Å². The van der Waals surface area contributed by atoms with E-state index in [2.05, 4.69) is 27.4 Å². The number of likely N-dealkylation sites (N-methyl/N-ethyl adjacent to an activating group) is 1. The highest BCUT2D eigenvalue weighted by Gasteiger charge is 2.31. The average Bonchev–Trinajstić information content (AvgIpc) is 3.04. The SMILES string of the molecule is CC1CN([C@@H](C)CO)C(=O)Cc2cc(NC(=O)Nc3cccc4ccccc34)ccc2O[C@H]1CN(C)Cc1ccncc1. The minimum atomic E-state index is -0.383. The molecule has 0 bridgehead atoms. The lowest BCUT2D eigenvalue weighted by molar-refractivity contribution is -0.134. The van der Waals surface area contributed by atoms with Gasteiger partial charge in [0.25, 0.3) is 0 Å². The maximum absolute atomic E-state index is 13.5. The highest BCUT2D eigenvalue weighted by atomic mass is 16.5. The van der Waals surface area contributed by atoms with Crippen molar-refractivity contribution in [2.75, 3.05) is 37.4 Å². The van der Waals surface area contributed by atoms with E-state index < -0.39 is 0 Å². The molecule has 0 saturated heterocycles. The van der Waals surface area contributed by atoms with Crippen LogP contribution in [0.15, 0.2) is 85.2 Å². The number of ether oxygens (including phenoxy) is 1. The van der Waals surface area contributed by atoms with Gasteiger partial charge in [0, 0.05) is 54.6 Å². The first-order chi connectivity index (χ1) is 20.8. The van der Waals surface area contributed by atoms with E-state index in [1.54, 1.807) is 29.4 Å². The van der Waals surface area contributed by atoms with Crippen molar-refractivity contribution in [3.8, 4) is 5.75 Å². The zero-order valence-corrected chi connectivity index (χ0v) is 24.9. The van der Waals surface area contributed by atoms with Crippen LogP contribution in [0, 0.1) is 5.92 Å². The predicted octanol–water partition coefficient (Wildman–Crippen LogP) is 5.16. The van der Waals surface area contributed by atoms with E-state index in [1.165, 1.54) is 0 Å². The molecule has 0 radical (unpaired) electrons. The number of aromatic nitrogens is 1. The summed E-state index contributed by atoms with van der Waals surface area (Å²) in [7, 11) is 2.05. The van der Waals surface area contributed by atoms with Gasteiger partial charge in [0.05, 0.1) is 24.8 Å². The second kappa shape index (κ2) is 13.7. The molecule has 1 aromatic heterocycles. The number of hydrogen-bond donors (Lipinski definition) is 3. The van der Waals surface area contributed by atoms with E-state index in [0.717, 1.165) is 22.9 Å². The smallest absolute Gasteiger partial charge is 0.323 e. The number of anilines is 2. The molecular weight excluding hydrogens is 542 g/mol. The van der Waals surface area contributed by atoms with Crippen molar-refractivity contribution in [2.45, 2.75) is 39.0 Å². The van der Waals surface area contributed by atoms with Gasteiger partial charge < -0.3 is 25.4 Å². The van der Waals surface area contributed by atoms with E-state index >= 15 is 0 Å². The van der Waals surface area contributed by atoms with E-state index in [-0.39, 0.29) is 43.0 Å². The number of carbonyl (C=O) groups excluding carboxylic acids is 2. The number of aliphatic hydroxyl groups excluding tert-OH is 1. The van der Waals surface area contributed by atoms with Gasteiger partial charge in [-0.2, -0.15) is 0 Å². The standard InChI is InChI=1S/C34H39N5O4/c1-23-19-39(24(2)22-40)33(41)18-27-17-28(36-34(42)37-30-10-6-8-26-7-4-5-9-29(26)30)11-12-31(27)43-32(23)21-38(3)20-25-13-15-35-16-14-25/h4-17,23-24,32,40H,18-22H2,1-3H3,(H2,36,37,42)/t23?,24-,32-/m0/s1. The number of carbonyl (C=O) groups is 2. The summed E-state index contributed by atoms with van der Waals surface area (Å²) in [6.45, 7) is 5.62. The Kier molecular flexibility index (Phi) is 9.54. The summed E-state index contributed by atoms with van der Waals surface area (Å²) in [5, 5.41) is 17.8. The van der Waals surface area contributed by atoms with Gasteiger partial charge in [-0.15, -0.1) is 0 Å². The molecule has 43 heavy (non-hydrogen) atoms. The number of hydrogen-bond acceptors (Lipinski definition) is 6. The summed E-state index contributed by atoms with van der Waals surface area (Å²) in [4.78, 5) is 34.6. The Labute approximate surface area is 252 Å². The van der Waals surface area contributed by atoms with Crippen molar-refractivity contribution in [1.82, 2.24) is 14.8 Å². The maximum Gasteiger partial charge on any atom is 0.323 e. The molecule has 1 unspecified atom stereocenters. The molecular formula is C34H39N5O4. The zero-order valence-electron chi connectivity index (χ0n) is 24.9. The fourth-order valence-electron chi connectivity index (χ4n) is 5.52. The van der Waals surface area contributed by atoms with Crippen molar-refractivity contribution in [3.63, 3.8) is 0 Å². The molecule has 4 aromatic rings. The lowest BCUT2D eigenvalue weighted by Crippen LogP contribution is -2.47. The van der Waals surface area contributed by atoms with Gasteiger partial charge in [-0.25, -0.2) is 4.79 Å². The number of rotatable bonds is 8. The van der Waals surface area contributed by atoms with Gasteiger partial charge in [0.15, 0.2) is 0 Å². The number of pyridine rings is 1. The van der Waals surface area contributed by atoms with Crippen LogP contribution in [0.1, 0.15) is 25.0 Å². The van der Waals surface area contributed by atoms with Crippen LogP contribution < -0.4 is 15.4 Å². The Hall–Kier alpha value is -4.47. The third-order valence-corrected chi connectivity index (χ3v) is 7.91. The number of aliphatic hydroxyl groups is 1. The predicted molar refractivity (Wildman–Crippen MR) is 169 cm³/mol. The topological polar surface area (TPSA) is 107 Å². The van der Waals surface area contributed by atoms with Gasteiger partial charge in [-0.1, -0.05) is 43.3 Å². The molecule has 0 saturated carbocycles. The molecule has 9 heteroatoms. The van der Waals surface area contributed by atoms with Crippen LogP contribution >= 0.6 is 0 Å². The first kappa shape index (κ1) is 30.0. The highest BCUT2D eigenvalue weighted by Crippen LogP contribution is 2.30. The molecule has 0 spiro atoms. The Bertz CT molecular complexity index is 1560. The molecule has 3 amide bonds. The minimum absolute atomic E-state index is 0.00642. The second-order valence-electron chi connectivity index (χ2n) is 11.4. The van der Waals surface area contributed by atoms with Crippen molar-refractivity contribution in [3.05, 3.63) is 96.3 Å². The van der Waals surface area contributed by atoms with E-state index in [4.69, 9.17) is 4.74 Å².